The van der Waals surface area contributed by atoms with Crippen molar-refractivity contribution in [2.24, 2.45) is 0 Å². The quantitative estimate of drug-likeness (QED) is 0.223. The first-order valence-corrected chi connectivity index (χ1v) is 11.0. The molecule has 0 radical (unpaired) electrons. The zero-order chi connectivity index (χ0) is 23.4. The molecule has 0 unspecified atom stereocenters. The fourth-order valence-electron chi connectivity index (χ4n) is 3.63. The highest BCUT2D eigenvalue weighted by molar-refractivity contribution is 7.16. The number of thiophene rings is 1. The molecule has 0 aliphatic heterocycles. The Hall–Kier alpha value is -3.63. The van der Waals surface area contributed by atoms with Gasteiger partial charge in [-0.3, -0.25) is 4.79 Å². The maximum Gasteiger partial charge on any atom is 0.341 e. The number of benzene rings is 1. The number of aromatic nitrogens is 1. The molecule has 0 aliphatic rings. The minimum atomic E-state index is -0.570. The molecule has 0 saturated carbocycles. The maximum absolute atomic E-state index is 13.0. The molecule has 0 fully saturated rings. The van der Waals surface area contributed by atoms with E-state index in [4.69, 9.17) is 4.74 Å². The Bertz CT molecular complexity index is 1290. The molecular weight excluding hydrogens is 422 g/mol. The van der Waals surface area contributed by atoms with Crippen molar-refractivity contribution in [2.75, 3.05) is 11.9 Å². The van der Waals surface area contributed by atoms with E-state index in [1.54, 1.807) is 13.0 Å². The molecule has 2 heterocycles. The van der Waals surface area contributed by atoms with Crippen molar-refractivity contribution in [3.8, 4) is 6.07 Å². The molecule has 6 nitrogen and oxygen atoms in total. The molecule has 1 amide bonds. The lowest BCUT2D eigenvalue weighted by molar-refractivity contribution is -0.112. The minimum absolute atomic E-state index is 0.0480. The number of ether oxygens (including phenoxy) is 1. The second kappa shape index (κ2) is 9.67. The first kappa shape index (κ1) is 23.0. The average Bonchev–Trinajstić information content (AvgIpc) is 3.19. The van der Waals surface area contributed by atoms with Gasteiger partial charge in [-0.1, -0.05) is 24.3 Å². The second-order valence-electron chi connectivity index (χ2n) is 7.25. The van der Waals surface area contributed by atoms with E-state index in [1.165, 1.54) is 11.3 Å². The summed E-state index contributed by atoms with van der Waals surface area (Å²) in [5.74, 6) is -1.06. The van der Waals surface area contributed by atoms with Crippen LogP contribution in [0.4, 0.5) is 5.00 Å². The van der Waals surface area contributed by atoms with E-state index in [9.17, 15) is 14.9 Å². The number of anilines is 1. The van der Waals surface area contributed by atoms with E-state index in [0.29, 0.717) is 17.1 Å². The summed E-state index contributed by atoms with van der Waals surface area (Å²) in [5, 5.41) is 13.8. The third kappa shape index (κ3) is 4.23. The van der Waals surface area contributed by atoms with Crippen LogP contribution in [0.1, 0.15) is 39.0 Å². The van der Waals surface area contributed by atoms with Crippen LogP contribution >= 0.6 is 11.3 Å². The number of hydrogen-bond acceptors (Lipinski definition) is 5. The molecule has 7 heteroatoms. The first-order chi connectivity index (χ1) is 15.3. The van der Waals surface area contributed by atoms with Crippen molar-refractivity contribution < 1.29 is 14.3 Å². The molecule has 2 aromatic heterocycles. The summed E-state index contributed by atoms with van der Waals surface area (Å²) in [5.41, 5.74) is 3.78. The van der Waals surface area contributed by atoms with Crippen molar-refractivity contribution in [1.29, 1.82) is 5.26 Å². The van der Waals surface area contributed by atoms with Gasteiger partial charge in [-0.05, 0) is 45.4 Å². The number of nitrogens with zero attached hydrogens (tertiary/aromatic N) is 2. The zero-order valence-corrected chi connectivity index (χ0v) is 19.4. The van der Waals surface area contributed by atoms with E-state index >= 15 is 0 Å². The van der Waals surface area contributed by atoms with Gasteiger partial charge in [0.25, 0.3) is 5.91 Å². The molecule has 0 aliphatic carbocycles. The first-order valence-electron chi connectivity index (χ1n) is 10.2. The number of esters is 1. The van der Waals surface area contributed by atoms with Crippen LogP contribution in [0.15, 0.2) is 42.5 Å². The van der Waals surface area contributed by atoms with Crippen LogP contribution in [-0.4, -0.2) is 23.1 Å². The number of para-hydroxylation sites is 1. The molecule has 3 aromatic rings. The van der Waals surface area contributed by atoms with Gasteiger partial charge in [0.1, 0.15) is 16.6 Å². The number of nitriles is 1. The molecule has 32 heavy (non-hydrogen) atoms. The van der Waals surface area contributed by atoms with Crippen LogP contribution in [0.2, 0.25) is 0 Å². The van der Waals surface area contributed by atoms with Gasteiger partial charge in [-0.2, -0.15) is 5.26 Å². The van der Waals surface area contributed by atoms with E-state index in [0.717, 1.165) is 32.6 Å². The van der Waals surface area contributed by atoms with Crippen molar-refractivity contribution in [1.82, 2.24) is 4.57 Å². The monoisotopic (exact) mass is 447 g/mol. The number of carbonyl (C=O) groups is 2. The van der Waals surface area contributed by atoms with Gasteiger partial charge in [0, 0.05) is 33.6 Å². The predicted octanol–water partition coefficient (Wildman–Crippen LogP) is 5.54. The van der Waals surface area contributed by atoms with Crippen molar-refractivity contribution in [3.63, 3.8) is 0 Å². The summed E-state index contributed by atoms with van der Waals surface area (Å²) < 4.78 is 7.23. The van der Waals surface area contributed by atoms with Gasteiger partial charge in [-0.15, -0.1) is 17.9 Å². The number of nitrogens with one attached hydrogen (secondary N) is 1. The van der Waals surface area contributed by atoms with Gasteiger partial charge in [0.05, 0.1) is 12.2 Å². The van der Waals surface area contributed by atoms with E-state index in [-0.39, 0.29) is 12.2 Å². The fraction of sp³-hybridized carbons (Fsp3) is 0.240. The lowest BCUT2D eigenvalue weighted by atomic mass is 10.1. The van der Waals surface area contributed by atoms with E-state index < -0.39 is 11.9 Å². The highest BCUT2D eigenvalue weighted by atomic mass is 32.1. The summed E-state index contributed by atoms with van der Waals surface area (Å²) in [6.07, 6.45) is 3.41. The van der Waals surface area contributed by atoms with Crippen LogP contribution in [0.5, 0.6) is 0 Å². The molecular formula is C25H25N3O3S. The van der Waals surface area contributed by atoms with E-state index in [2.05, 4.69) is 16.5 Å². The Balaban J connectivity index is 2.03. The van der Waals surface area contributed by atoms with Crippen LogP contribution in [0, 0.1) is 32.1 Å². The molecule has 0 bridgehead atoms. The average molecular weight is 448 g/mol. The minimum Gasteiger partial charge on any atom is -0.462 e. The summed E-state index contributed by atoms with van der Waals surface area (Å²) >= 11 is 1.29. The SMILES string of the molecule is C=CCn1c(C)c(/C=C(\C#N)C(=O)Nc2sc(C)c(C)c2C(=O)OCC)c2ccccc21. The highest BCUT2D eigenvalue weighted by Gasteiger charge is 2.23. The molecule has 1 aromatic carbocycles. The van der Waals surface area contributed by atoms with E-state index in [1.807, 2.05) is 57.2 Å². The summed E-state index contributed by atoms with van der Waals surface area (Å²) in [7, 11) is 0. The van der Waals surface area contributed by atoms with Crippen LogP contribution in [-0.2, 0) is 16.1 Å². The fourth-order valence-corrected chi connectivity index (χ4v) is 4.68. The van der Waals surface area contributed by atoms with Gasteiger partial charge >= 0.3 is 5.97 Å². The highest BCUT2D eigenvalue weighted by Crippen LogP contribution is 2.34. The number of hydrogen-bond donors (Lipinski definition) is 1. The number of carbonyl (C=O) groups excluding carboxylic acids is 2. The largest absolute Gasteiger partial charge is 0.462 e. The zero-order valence-electron chi connectivity index (χ0n) is 18.6. The normalized spacial score (nSPS) is 11.3. The summed E-state index contributed by atoms with van der Waals surface area (Å²) in [4.78, 5) is 26.3. The van der Waals surface area contributed by atoms with Gasteiger partial charge in [0.15, 0.2) is 0 Å². The Morgan fingerprint density at radius 3 is 2.66 bits per heavy atom. The standard InChI is InChI=1S/C25H25N3O3S/c1-6-12-28-16(4)20(19-10-8-9-11-21(19)28)13-18(14-26)23(29)27-24-22(25(30)31-7-2)15(3)17(5)32-24/h6,8-11,13H,1,7,12H2,2-5H3,(H,27,29)/b18-13+. The molecule has 164 valence electrons. The molecule has 0 saturated heterocycles. The maximum atomic E-state index is 13.0. The molecule has 0 atom stereocenters. The summed E-state index contributed by atoms with van der Waals surface area (Å²) in [6, 6.07) is 9.84. The van der Waals surface area contributed by atoms with Crippen molar-refractivity contribution in [2.45, 2.75) is 34.2 Å². The Kier molecular flexibility index (Phi) is 6.96. The summed E-state index contributed by atoms with van der Waals surface area (Å²) in [6.45, 7) is 12.0. The number of allylic oxidation sites excluding steroid dienone is 1. The third-order valence-corrected chi connectivity index (χ3v) is 6.46. The van der Waals surface area contributed by atoms with Crippen LogP contribution in [0.25, 0.3) is 17.0 Å². The molecule has 1 N–H and O–H groups in total. The Labute approximate surface area is 191 Å². The van der Waals surface area contributed by atoms with Crippen LogP contribution in [0.3, 0.4) is 0 Å². The lowest BCUT2D eigenvalue weighted by Crippen LogP contribution is -2.16. The number of fused-ring (bicyclic) bond motifs is 1. The lowest BCUT2D eigenvalue weighted by Gasteiger charge is -2.07. The Morgan fingerprint density at radius 1 is 1.28 bits per heavy atom. The van der Waals surface area contributed by atoms with Crippen molar-refractivity contribution in [3.05, 3.63) is 69.8 Å². The van der Waals surface area contributed by atoms with Gasteiger partial charge in [0.2, 0.25) is 0 Å². The number of rotatable bonds is 7. The van der Waals surface area contributed by atoms with Crippen LogP contribution < -0.4 is 5.32 Å². The third-order valence-electron chi connectivity index (χ3n) is 5.34. The second-order valence-corrected chi connectivity index (χ2v) is 8.47. The van der Waals surface area contributed by atoms with Gasteiger partial charge in [-0.25, -0.2) is 4.79 Å². The van der Waals surface area contributed by atoms with Crippen molar-refractivity contribution >= 4 is 45.2 Å². The molecule has 0 spiro atoms. The number of aryl methyl sites for hydroxylation is 1. The Morgan fingerprint density at radius 2 is 2.00 bits per heavy atom. The van der Waals surface area contributed by atoms with Gasteiger partial charge < -0.3 is 14.6 Å². The smallest absolute Gasteiger partial charge is 0.341 e. The predicted molar refractivity (Wildman–Crippen MR) is 129 cm³/mol. The number of amides is 1. The molecule has 3 rings (SSSR count). The topological polar surface area (TPSA) is 84.1 Å².